The van der Waals surface area contributed by atoms with Crippen LogP contribution in [0.5, 0.6) is 0 Å². The monoisotopic (exact) mass is 491 g/mol. The molecule has 1 aromatic carbocycles. The number of unbranched alkanes of at least 4 members (excludes halogenated alkanes) is 8. The summed E-state index contributed by atoms with van der Waals surface area (Å²) in [7, 11) is 0. The quantitative estimate of drug-likeness (QED) is 0.144. The maximum absolute atomic E-state index is 12.8. The van der Waals surface area contributed by atoms with Crippen LogP contribution in [0.15, 0.2) is 40.9 Å². The Morgan fingerprint density at radius 3 is 2.03 bits per heavy atom. The molecule has 0 aliphatic heterocycles. The van der Waals surface area contributed by atoms with Gasteiger partial charge in [0.1, 0.15) is 12.2 Å². The van der Waals surface area contributed by atoms with Crippen molar-refractivity contribution < 1.29 is 19.1 Å². The van der Waals surface area contributed by atoms with Gasteiger partial charge in [-0.25, -0.2) is 9.59 Å². The van der Waals surface area contributed by atoms with Gasteiger partial charge < -0.3 is 9.47 Å². The summed E-state index contributed by atoms with van der Waals surface area (Å²) in [5, 5.41) is 3.35. The zero-order valence-electron chi connectivity index (χ0n) is 21.9. The molecule has 0 unspecified atom stereocenters. The Hall–Kier alpha value is -1.95. The molecule has 0 aliphatic carbocycles. The number of rotatable bonds is 16. The highest BCUT2D eigenvalue weighted by atomic mass is 32.2. The second-order valence-electron chi connectivity index (χ2n) is 9.53. The summed E-state index contributed by atoms with van der Waals surface area (Å²) in [6.45, 7) is 9.84. The number of nitrogens with one attached hydrogen (secondary N) is 1. The molecule has 0 aromatic heterocycles. The normalized spacial score (nSPS) is 12.1. The second kappa shape index (κ2) is 17.5. The van der Waals surface area contributed by atoms with Crippen molar-refractivity contribution in [2.24, 2.45) is 0 Å². The molecular formula is C28H45NO4S. The summed E-state index contributed by atoms with van der Waals surface area (Å²) in [6.07, 6.45) is 11.2. The summed E-state index contributed by atoms with van der Waals surface area (Å²) < 4.78 is 11.0. The highest BCUT2D eigenvalue weighted by Gasteiger charge is 2.23. The number of thioether (sulfide) groups is 1. The van der Waals surface area contributed by atoms with Gasteiger partial charge in [0, 0.05) is 0 Å². The third kappa shape index (κ3) is 14.3. The summed E-state index contributed by atoms with van der Waals surface area (Å²) in [6, 6.07) is 9.53. The minimum atomic E-state index is -0.599. The first-order valence-electron chi connectivity index (χ1n) is 12.8. The van der Waals surface area contributed by atoms with Crippen molar-refractivity contribution >= 4 is 23.8 Å². The number of alkyl carbamates (subject to hydrolysis) is 1. The van der Waals surface area contributed by atoms with Gasteiger partial charge in [0.15, 0.2) is 0 Å². The fourth-order valence-corrected chi connectivity index (χ4v) is 4.48. The first-order chi connectivity index (χ1) is 16.3. The summed E-state index contributed by atoms with van der Waals surface area (Å²) in [5.74, 6) is 0.434. The first-order valence-corrected chi connectivity index (χ1v) is 13.8. The van der Waals surface area contributed by atoms with E-state index in [1.54, 1.807) is 0 Å². The standard InChI is InChI=1S/C28H45NO4S/c1-6-8-9-10-11-12-13-14-18-21-34-25(24(7-2)26(30)33-28(3,4)5)29-27(31)32-22-23-19-16-15-17-20-23/h15-17,19-20H,6-14,18,21-22H2,1-5H3,(H,29,31)/b25-24+. The van der Waals surface area contributed by atoms with Crippen LogP contribution in [0, 0.1) is 0 Å². The summed E-state index contributed by atoms with van der Waals surface area (Å²) in [5.41, 5.74) is 0.791. The number of hydrogen-bond acceptors (Lipinski definition) is 5. The van der Waals surface area contributed by atoms with E-state index >= 15 is 0 Å². The van der Waals surface area contributed by atoms with Gasteiger partial charge in [0.05, 0.1) is 10.6 Å². The average molecular weight is 492 g/mol. The maximum atomic E-state index is 12.8. The van der Waals surface area contributed by atoms with Crippen molar-refractivity contribution in [3.05, 3.63) is 46.5 Å². The molecule has 0 aliphatic rings. The van der Waals surface area contributed by atoms with E-state index in [0.717, 1.165) is 24.2 Å². The zero-order valence-corrected chi connectivity index (χ0v) is 22.7. The Morgan fingerprint density at radius 1 is 0.882 bits per heavy atom. The van der Waals surface area contributed by atoms with Gasteiger partial charge in [0.2, 0.25) is 0 Å². The molecule has 0 fully saturated rings. The third-order valence-electron chi connectivity index (χ3n) is 5.20. The van der Waals surface area contributed by atoms with Crippen molar-refractivity contribution in [2.75, 3.05) is 5.75 Å². The molecule has 1 rings (SSSR count). The number of carbonyl (C=O) groups excluding carboxylic acids is 2. The molecule has 0 spiro atoms. The lowest BCUT2D eigenvalue weighted by Gasteiger charge is -2.22. The molecule has 0 bridgehead atoms. The molecule has 34 heavy (non-hydrogen) atoms. The lowest BCUT2D eigenvalue weighted by atomic mass is 10.1. The Balaban J connectivity index is 2.64. The Morgan fingerprint density at radius 2 is 1.47 bits per heavy atom. The van der Waals surface area contributed by atoms with E-state index in [4.69, 9.17) is 9.47 Å². The van der Waals surface area contributed by atoms with Crippen LogP contribution in [0.3, 0.4) is 0 Å². The lowest BCUT2D eigenvalue weighted by Crippen LogP contribution is -2.29. The van der Waals surface area contributed by atoms with Crippen molar-refractivity contribution in [1.82, 2.24) is 5.32 Å². The fourth-order valence-electron chi connectivity index (χ4n) is 3.37. The molecule has 0 saturated heterocycles. The molecule has 0 saturated carbocycles. The number of ether oxygens (including phenoxy) is 2. The molecule has 1 amide bonds. The lowest BCUT2D eigenvalue weighted by molar-refractivity contribution is -0.150. The van der Waals surface area contributed by atoms with E-state index in [0.29, 0.717) is 17.0 Å². The number of benzene rings is 1. The minimum Gasteiger partial charge on any atom is -0.457 e. The predicted molar refractivity (Wildman–Crippen MR) is 143 cm³/mol. The number of carbonyl (C=O) groups is 2. The first kappa shape index (κ1) is 30.1. The van der Waals surface area contributed by atoms with Crippen LogP contribution in [0.25, 0.3) is 0 Å². The Bertz CT molecular complexity index is 741. The minimum absolute atomic E-state index is 0.177. The summed E-state index contributed by atoms with van der Waals surface area (Å²) >= 11 is 1.50. The van der Waals surface area contributed by atoms with Gasteiger partial charge in [-0.2, -0.15) is 0 Å². The number of esters is 1. The molecule has 192 valence electrons. The van der Waals surface area contributed by atoms with E-state index in [1.165, 1.54) is 56.7 Å². The van der Waals surface area contributed by atoms with Gasteiger partial charge in [-0.15, -0.1) is 11.8 Å². The molecule has 0 radical (unpaired) electrons. The van der Waals surface area contributed by atoms with Crippen LogP contribution in [-0.4, -0.2) is 23.4 Å². The van der Waals surface area contributed by atoms with Crippen molar-refractivity contribution in [2.45, 2.75) is 111 Å². The third-order valence-corrected chi connectivity index (χ3v) is 6.33. The van der Waals surface area contributed by atoms with Crippen molar-refractivity contribution in [1.29, 1.82) is 0 Å². The van der Waals surface area contributed by atoms with E-state index in [2.05, 4.69) is 12.2 Å². The van der Waals surface area contributed by atoms with Gasteiger partial charge >= 0.3 is 12.1 Å². The topological polar surface area (TPSA) is 64.6 Å². The number of hydrogen-bond donors (Lipinski definition) is 1. The molecule has 0 atom stereocenters. The largest absolute Gasteiger partial charge is 0.457 e. The van der Waals surface area contributed by atoms with Gasteiger partial charge in [-0.3, -0.25) is 5.32 Å². The van der Waals surface area contributed by atoms with E-state index < -0.39 is 17.7 Å². The number of amides is 1. The van der Waals surface area contributed by atoms with Crippen LogP contribution in [0.1, 0.15) is 104 Å². The fraction of sp³-hybridized carbons (Fsp3) is 0.643. The van der Waals surface area contributed by atoms with E-state index in [-0.39, 0.29) is 6.61 Å². The molecule has 6 heteroatoms. The van der Waals surface area contributed by atoms with Gasteiger partial charge in [0.25, 0.3) is 0 Å². The zero-order chi connectivity index (χ0) is 25.2. The molecule has 5 nitrogen and oxygen atoms in total. The average Bonchev–Trinajstić information content (AvgIpc) is 2.78. The van der Waals surface area contributed by atoms with Crippen LogP contribution in [-0.2, 0) is 20.9 Å². The second-order valence-corrected chi connectivity index (χ2v) is 10.6. The highest BCUT2D eigenvalue weighted by molar-refractivity contribution is 8.03. The van der Waals surface area contributed by atoms with Gasteiger partial charge in [-0.05, 0) is 44.9 Å². The van der Waals surface area contributed by atoms with Crippen LogP contribution >= 0.6 is 11.8 Å². The Labute approximate surface area is 211 Å². The molecule has 1 N–H and O–H groups in total. The van der Waals surface area contributed by atoms with E-state index in [1.807, 2.05) is 58.0 Å². The predicted octanol–water partition coefficient (Wildman–Crippen LogP) is 8.14. The smallest absolute Gasteiger partial charge is 0.412 e. The van der Waals surface area contributed by atoms with Crippen molar-refractivity contribution in [3.8, 4) is 0 Å². The van der Waals surface area contributed by atoms with Crippen LogP contribution in [0.2, 0.25) is 0 Å². The van der Waals surface area contributed by atoms with Crippen LogP contribution < -0.4 is 5.32 Å². The van der Waals surface area contributed by atoms with Crippen molar-refractivity contribution in [3.63, 3.8) is 0 Å². The molecular weight excluding hydrogens is 446 g/mol. The Kier molecular flexibility index (Phi) is 15.5. The molecule has 0 heterocycles. The van der Waals surface area contributed by atoms with Crippen LogP contribution in [0.4, 0.5) is 4.79 Å². The highest BCUT2D eigenvalue weighted by Crippen LogP contribution is 2.24. The molecule has 1 aromatic rings. The SMILES string of the molecule is CCCCCCCCCCCS/C(NC(=O)OCc1ccccc1)=C(\CC)C(=O)OC(C)(C)C. The van der Waals surface area contributed by atoms with Gasteiger partial charge in [-0.1, -0.05) is 95.5 Å². The summed E-state index contributed by atoms with van der Waals surface area (Å²) in [4.78, 5) is 25.3. The van der Waals surface area contributed by atoms with E-state index in [9.17, 15) is 9.59 Å². The maximum Gasteiger partial charge on any atom is 0.412 e.